The van der Waals surface area contributed by atoms with E-state index in [1.165, 1.54) is 37.5 Å². The number of aromatic nitrogens is 2. The Bertz CT molecular complexity index is 1120. The Morgan fingerprint density at radius 2 is 1.97 bits per heavy atom. The second kappa shape index (κ2) is 9.29. The highest BCUT2D eigenvalue weighted by Gasteiger charge is 2.49. The first-order valence-corrected chi connectivity index (χ1v) is 11.6. The number of nitrogens with one attached hydrogen (secondary N) is 1. The molecule has 2 atom stereocenters. The van der Waals surface area contributed by atoms with Crippen LogP contribution >= 0.6 is 0 Å². The molecule has 2 heterocycles. The molecule has 2 aromatic rings. The molecule has 0 saturated carbocycles. The minimum atomic E-state index is -3.32. The number of halogens is 2. The minimum Gasteiger partial charge on any atom is -0.479 e. The van der Waals surface area contributed by atoms with Gasteiger partial charge in [0.05, 0.1) is 25.6 Å². The molecule has 1 saturated heterocycles. The van der Waals surface area contributed by atoms with Crippen molar-refractivity contribution in [3.63, 3.8) is 0 Å². The van der Waals surface area contributed by atoms with Gasteiger partial charge in [0.15, 0.2) is 27.4 Å². The van der Waals surface area contributed by atoms with Crippen molar-refractivity contribution < 1.29 is 31.5 Å². The van der Waals surface area contributed by atoms with Crippen LogP contribution in [0.3, 0.4) is 0 Å². The molecular formula is C21H23F2N3O5S. The Morgan fingerprint density at radius 1 is 1.31 bits per heavy atom. The summed E-state index contributed by atoms with van der Waals surface area (Å²) in [5.41, 5.74) is -1.26. The zero-order valence-corrected chi connectivity index (χ0v) is 18.5. The van der Waals surface area contributed by atoms with Crippen LogP contribution in [0.2, 0.25) is 0 Å². The average molecular weight is 467 g/mol. The third-order valence-corrected chi connectivity index (χ3v) is 5.46. The van der Waals surface area contributed by atoms with Gasteiger partial charge in [0.25, 0.3) is 5.91 Å². The number of amides is 1. The van der Waals surface area contributed by atoms with Gasteiger partial charge < -0.3 is 14.8 Å². The van der Waals surface area contributed by atoms with Crippen molar-refractivity contribution in [1.29, 1.82) is 0 Å². The fourth-order valence-electron chi connectivity index (χ4n) is 3.01. The maximum atomic E-state index is 15.2. The zero-order valence-electron chi connectivity index (χ0n) is 17.7. The number of alkyl halides is 1. The number of hydrogen-bond donors (Lipinski definition) is 1. The molecule has 1 aromatic carbocycles. The third kappa shape index (κ3) is 5.65. The van der Waals surface area contributed by atoms with Crippen LogP contribution in [0.4, 0.5) is 8.78 Å². The van der Waals surface area contributed by atoms with E-state index in [9.17, 15) is 17.6 Å². The van der Waals surface area contributed by atoms with E-state index in [0.29, 0.717) is 5.56 Å². The first-order chi connectivity index (χ1) is 15.0. The molecule has 1 aliphatic rings. The van der Waals surface area contributed by atoms with Crippen LogP contribution in [-0.2, 0) is 14.6 Å². The van der Waals surface area contributed by atoms with Crippen molar-refractivity contribution in [2.75, 3.05) is 19.5 Å². The van der Waals surface area contributed by atoms with Crippen LogP contribution in [-0.4, -0.2) is 55.5 Å². The largest absolute Gasteiger partial charge is 0.479 e. The first-order valence-electron chi connectivity index (χ1n) is 9.68. The molecule has 1 fully saturated rings. The molecule has 3 rings (SSSR count). The fourth-order valence-corrected chi connectivity index (χ4v) is 3.54. The van der Waals surface area contributed by atoms with E-state index >= 15 is 4.39 Å². The van der Waals surface area contributed by atoms with Gasteiger partial charge in [-0.1, -0.05) is 18.2 Å². The first kappa shape index (κ1) is 23.7. The van der Waals surface area contributed by atoms with Gasteiger partial charge >= 0.3 is 0 Å². The molecule has 8 nitrogen and oxygen atoms in total. The molecule has 32 heavy (non-hydrogen) atoms. The normalized spacial score (nSPS) is 17.4. The summed E-state index contributed by atoms with van der Waals surface area (Å²) in [7, 11) is -3.32. The summed E-state index contributed by atoms with van der Waals surface area (Å²) in [6.07, 6.45) is 3.62. The maximum absolute atomic E-state index is 15.2. The number of nitrogens with zero attached hydrogens (tertiary/aromatic N) is 2. The molecule has 1 amide bonds. The lowest BCUT2D eigenvalue weighted by Gasteiger charge is -2.40. The van der Waals surface area contributed by atoms with Crippen LogP contribution in [0.1, 0.15) is 34.8 Å². The van der Waals surface area contributed by atoms with Crippen LogP contribution in [0.5, 0.6) is 5.75 Å². The second-order valence-electron chi connectivity index (χ2n) is 7.64. The highest BCUT2D eigenvalue weighted by molar-refractivity contribution is 7.93. The molecule has 1 N–H and O–H groups in total. The predicted molar refractivity (Wildman–Crippen MR) is 112 cm³/mol. The van der Waals surface area contributed by atoms with Gasteiger partial charge in [-0.15, -0.1) is 0 Å². The average Bonchev–Trinajstić information content (AvgIpc) is 2.71. The van der Waals surface area contributed by atoms with E-state index in [2.05, 4.69) is 15.3 Å². The maximum Gasteiger partial charge on any atom is 0.289 e. The monoisotopic (exact) mass is 467 g/mol. The quantitative estimate of drug-likeness (QED) is 0.635. The van der Waals surface area contributed by atoms with Gasteiger partial charge in [0.2, 0.25) is 5.82 Å². The van der Waals surface area contributed by atoms with Crippen LogP contribution in [0.15, 0.2) is 42.1 Å². The Labute approximate surface area is 184 Å². The lowest BCUT2D eigenvalue weighted by atomic mass is 9.88. The SMILES string of the molecule is Cc1c(F)cccc1[C@H](Oc1cnc(C(=O)N[C@H](C)/C=C/S(C)(=O)=O)nc1)C1(F)COC1. The van der Waals surface area contributed by atoms with Gasteiger partial charge in [-0.2, -0.15) is 0 Å². The number of hydrogen-bond acceptors (Lipinski definition) is 7. The van der Waals surface area contributed by atoms with E-state index in [4.69, 9.17) is 9.47 Å². The summed E-state index contributed by atoms with van der Waals surface area (Å²) in [5, 5.41) is 3.52. The summed E-state index contributed by atoms with van der Waals surface area (Å²) >= 11 is 0. The second-order valence-corrected chi connectivity index (χ2v) is 9.57. The van der Waals surface area contributed by atoms with Crippen molar-refractivity contribution in [2.45, 2.75) is 31.7 Å². The Balaban J connectivity index is 1.75. The fraction of sp³-hybridized carbons (Fsp3) is 0.381. The van der Waals surface area contributed by atoms with Crippen molar-refractivity contribution in [3.05, 3.63) is 64.8 Å². The molecular weight excluding hydrogens is 444 g/mol. The number of carbonyl (C=O) groups excluding carboxylic acids is 1. The number of benzene rings is 1. The van der Waals surface area contributed by atoms with Gasteiger partial charge in [-0.25, -0.2) is 27.2 Å². The highest BCUT2D eigenvalue weighted by Crippen LogP contribution is 2.40. The topological polar surface area (TPSA) is 107 Å². The van der Waals surface area contributed by atoms with E-state index in [1.807, 2.05) is 0 Å². The predicted octanol–water partition coefficient (Wildman–Crippen LogP) is 2.46. The van der Waals surface area contributed by atoms with Gasteiger partial charge in [-0.05, 0) is 25.5 Å². The van der Waals surface area contributed by atoms with Crippen LogP contribution < -0.4 is 10.1 Å². The van der Waals surface area contributed by atoms with E-state index in [1.54, 1.807) is 13.0 Å². The van der Waals surface area contributed by atoms with E-state index < -0.39 is 39.4 Å². The standard InChI is InChI=1S/C21H23F2N3O5S/c1-13(7-8-32(3,28)29)26-20(27)19-24-9-15(10-25-19)31-18(21(23)11-30-12-21)16-5-4-6-17(22)14(16)2/h4-10,13,18H,11-12H2,1-3H3,(H,26,27)/b8-7+/t13-,18+/m1/s1. The van der Waals surface area contributed by atoms with Crippen LogP contribution in [0.25, 0.3) is 0 Å². The summed E-state index contributed by atoms with van der Waals surface area (Å²) in [4.78, 5) is 20.1. The molecule has 11 heteroatoms. The number of rotatable bonds is 8. The van der Waals surface area contributed by atoms with E-state index in [-0.39, 0.29) is 30.4 Å². The Kier molecular flexibility index (Phi) is 6.89. The van der Waals surface area contributed by atoms with Gasteiger partial charge in [0.1, 0.15) is 5.82 Å². The lowest BCUT2D eigenvalue weighted by molar-refractivity contribution is -0.178. The van der Waals surface area contributed by atoms with Gasteiger partial charge in [-0.3, -0.25) is 4.79 Å². The molecule has 0 radical (unpaired) electrons. The van der Waals surface area contributed by atoms with Crippen molar-refractivity contribution in [2.24, 2.45) is 0 Å². The highest BCUT2D eigenvalue weighted by atomic mass is 32.2. The summed E-state index contributed by atoms with van der Waals surface area (Å²) in [5.74, 6) is -1.21. The minimum absolute atomic E-state index is 0.0872. The molecule has 1 aromatic heterocycles. The number of sulfone groups is 1. The molecule has 0 aliphatic carbocycles. The molecule has 1 aliphatic heterocycles. The van der Waals surface area contributed by atoms with Gasteiger partial charge in [0, 0.05) is 23.3 Å². The molecule has 0 bridgehead atoms. The zero-order chi connectivity index (χ0) is 23.5. The third-order valence-electron chi connectivity index (χ3n) is 4.80. The Morgan fingerprint density at radius 3 is 2.53 bits per heavy atom. The molecule has 172 valence electrons. The van der Waals surface area contributed by atoms with E-state index in [0.717, 1.165) is 11.7 Å². The van der Waals surface area contributed by atoms with Crippen molar-refractivity contribution in [1.82, 2.24) is 15.3 Å². The van der Waals surface area contributed by atoms with Crippen LogP contribution in [0, 0.1) is 12.7 Å². The number of ether oxygens (including phenoxy) is 2. The number of carbonyl (C=O) groups is 1. The molecule has 0 unspecified atom stereocenters. The molecule has 0 spiro atoms. The summed E-state index contributed by atoms with van der Waals surface area (Å²) in [6, 6.07) is 3.75. The smallest absolute Gasteiger partial charge is 0.289 e. The van der Waals surface area contributed by atoms with Crippen molar-refractivity contribution >= 4 is 15.7 Å². The summed E-state index contributed by atoms with van der Waals surface area (Å²) < 4.78 is 62.4. The summed E-state index contributed by atoms with van der Waals surface area (Å²) in [6.45, 7) is 2.72. The van der Waals surface area contributed by atoms with Crippen molar-refractivity contribution in [3.8, 4) is 5.75 Å². The Hall–Kier alpha value is -2.92. The lowest BCUT2D eigenvalue weighted by Crippen LogP contribution is -2.52.